The average molecular weight is 392 g/mol. The van der Waals surface area contributed by atoms with Crippen molar-refractivity contribution in [1.29, 1.82) is 0 Å². The average Bonchev–Trinajstić information content (AvgIpc) is 3.12. The molecule has 140 valence electrons. The molecule has 7 heteroatoms. The summed E-state index contributed by atoms with van der Waals surface area (Å²) in [7, 11) is 0. The Morgan fingerprint density at radius 3 is 2.71 bits per heavy atom. The third-order valence-electron chi connectivity index (χ3n) is 4.39. The molecular weight excluding hydrogens is 374 g/mol. The summed E-state index contributed by atoms with van der Waals surface area (Å²) in [5, 5.41) is 10.7. The summed E-state index contributed by atoms with van der Waals surface area (Å²) in [6, 6.07) is 18.5. The van der Waals surface area contributed by atoms with E-state index in [1.807, 2.05) is 61.5 Å². The minimum Gasteiger partial charge on any atom is -0.331 e. The van der Waals surface area contributed by atoms with E-state index in [1.165, 1.54) is 0 Å². The zero-order valence-corrected chi connectivity index (χ0v) is 15.9. The maximum Gasteiger partial charge on any atom is 0.320 e. The molecular formula is C21H18ClN5O. The highest BCUT2D eigenvalue weighted by atomic mass is 35.5. The van der Waals surface area contributed by atoms with E-state index in [0.717, 1.165) is 16.7 Å². The molecule has 0 fully saturated rings. The van der Waals surface area contributed by atoms with Crippen molar-refractivity contribution in [2.75, 3.05) is 5.32 Å². The van der Waals surface area contributed by atoms with Gasteiger partial charge in [0.1, 0.15) is 5.82 Å². The fraction of sp³-hybridized carbons (Fsp3) is 0.0952. The van der Waals surface area contributed by atoms with Crippen LogP contribution in [0.25, 0.3) is 16.8 Å². The van der Waals surface area contributed by atoms with E-state index >= 15 is 0 Å². The molecule has 0 unspecified atom stereocenters. The summed E-state index contributed by atoms with van der Waals surface area (Å²) < 4.78 is 1.66. The molecule has 0 saturated heterocycles. The van der Waals surface area contributed by atoms with Gasteiger partial charge in [-0.25, -0.2) is 14.3 Å². The van der Waals surface area contributed by atoms with Crippen LogP contribution in [0.1, 0.15) is 18.5 Å². The van der Waals surface area contributed by atoms with E-state index in [2.05, 4.69) is 20.7 Å². The molecule has 0 spiro atoms. The van der Waals surface area contributed by atoms with Gasteiger partial charge in [0.15, 0.2) is 5.65 Å². The van der Waals surface area contributed by atoms with Crippen LogP contribution >= 0.6 is 11.6 Å². The first-order valence-corrected chi connectivity index (χ1v) is 9.21. The molecule has 2 heterocycles. The van der Waals surface area contributed by atoms with Gasteiger partial charge in [0.25, 0.3) is 0 Å². The largest absolute Gasteiger partial charge is 0.331 e. The first-order valence-electron chi connectivity index (χ1n) is 8.83. The topological polar surface area (TPSA) is 71.3 Å². The van der Waals surface area contributed by atoms with Gasteiger partial charge in [0.05, 0.1) is 12.2 Å². The molecule has 4 aromatic rings. The van der Waals surface area contributed by atoms with Crippen molar-refractivity contribution in [2.45, 2.75) is 13.0 Å². The second-order valence-corrected chi connectivity index (χ2v) is 6.82. The van der Waals surface area contributed by atoms with E-state index in [0.29, 0.717) is 16.5 Å². The predicted octanol–water partition coefficient (Wildman–Crippen LogP) is 4.93. The maximum atomic E-state index is 12.4. The van der Waals surface area contributed by atoms with Crippen LogP contribution in [-0.2, 0) is 0 Å². The van der Waals surface area contributed by atoms with Crippen molar-refractivity contribution in [2.24, 2.45) is 0 Å². The minimum absolute atomic E-state index is 0.123. The second-order valence-electron chi connectivity index (χ2n) is 6.38. The highest BCUT2D eigenvalue weighted by Crippen LogP contribution is 2.26. The first-order chi connectivity index (χ1) is 13.6. The Labute approximate surface area is 167 Å². The number of hydrogen-bond donors (Lipinski definition) is 2. The normalized spacial score (nSPS) is 11.9. The van der Waals surface area contributed by atoms with Gasteiger partial charge in [-0.2, -0.15) is 5.10 Å². The zero-order valence-electron chi connectivity index (χ0n) is 15.1. The second kappa shape index (κ2) is 7.70. The van der Waals surface area contributed by atoms with E-state index in [4.69, 9.17) is 11.6 Å². The molecule has 0 saturated carbocycles. The van der Waals surface area contributed by atoms with Gasteiger partial charge in [-0.1, -0.05) is 54.1 Å². The number of urea groups is 1. The maximum absolute atomic E-state index is 12.4. The quantitative estimate of drug-likeness (QED) is 0.518. The minimum atomic E-state index is -0.322. The lowest BCUT2D eigenvalue weighted by molar-refractivity contribution is 0.249. The van der Waals surface area contributed by atoms with Gasteiger partial charge in [0.2, 0.25) is 0 Å². The van der Waals surface area contributed by atoms with Crippen LogP contribution in [0.4, 0.5) is 10.6 Å². The van der Waals surface area contributed by atoms with Gasteiger partial charge in [-0.3, -0.25) is 5.32 Å². The van der Waals surface area contributed by atoms with Crippen LogP contribution in [0.2, 0.25) is 5.02 Å². The van der Waals surface area contributed by atoms with Crippen LogP contribution in [0, 0.1) is 0 Å². The standard InChI is InChI=1S/C21H18ClN5O/c1-14(15-6-3-2-4-7-15)24-21(28)26-19-10-11-27-20(25-19)18(13-23-27)16-8-5-9-17(22)12-16/h2-14H,1H3,(H2,24,25,26,28)/t14-/m0/s1. The Morgan fingerprint density at radius 2 is 1.93 bits per heavy atom. The summed E-state index contributed by atoms with van der Waals surface area (Å²) in [6.45, 7) is 1.93. The van der Waals surface area contributed by atoms with Crippen molar-refractivity contribution < 1.29 is 4.79 Å². The Bertz CT molecular complexity index is 1130. The molecule has 4 rings (SSSR count). The Balaban J connectivity index is 1.54. The van der Waals surface area contributed by atoms with Crippen LogP contribution in [0.15, 0.2) is 73.1 Å². The van der Waals surface area contributed by atoms with Gasteiger partial charge in [-0.15, -0.1) is 0 Å². The van der Waals surface area contributed by atoms with Crippen LogP contribution in [0.3, 0.4) is 0 Å². The van der Waals surface area contributed by atoms with Crippen LogP contribution in [-0.4, -0.2) is 20.6 Å². The molecule has 0 aliphatic heterocycles. The Kier molecular flexibility index (Phi) is 4.95. The first kappa shape index (κ1) is 18.0. The molecule has 0 bridgehead atoms. The lowest BCUT2D eigenvalue weighted by atomic mass is 10.1. The lowest BCUT2D eigenvalue weighted by Crippen LogP contribution is -2.31. The zero-order chi connectivity index (χ0) is 19.5. The molecule has 1 atom stereocenters. The summed E-state index contributed by atoms with van der Waals surface area (Å²) in [6.07, 6.45) is 3.49. The molecule has 2 aromatic carbocycles. The number of aromatic nitrogens is 3. The number of benzene rings is 2. The van der Waals surface area contributed by atoms with Crippen molar-refractivity contribution in [3.8, 4) is 11.1 Å². The van der Waals surface area contributed by atoms with Crippen molar-refractivity contribution in [3.63, 3.8) is 0 Å². The summed E-state index contributed by atoms with van der Waals surface area (Å²) >= 11 is 6.10. The molecule has 2 aromatic heterocycles. The number of carbonyl (C=O) groups excluding carboxylic acids is 1. The fourth-order valence-electron chi connectivity index (χ4n) is 2.97. The van der Waals surface area contributed by atoms with Gasteiger partial charge in [-0.05, 0) is 36.2 Å². The van der Waals surface area contributed by atoms with Crippen LogP contribution < -0.4 is 10.6 Å². The number of nitrogens with one attached hydrogen (secondary N) is 2. The van der Waals surface area contributed by atoms with Crippen LogP contribution in [0.5, 0.6) is 0 Å². The highest BCUT2D eigenvalue weighted by Gasteiger charge is 2.12. The van der Waals surface area contributed by atoms with Gasteiger partial charge < -0.3 is 5.32 Å². The van der Waals surface area contributed by atoms with Crippen molar-refractivity contribution in [3.05, 3.63) is 83.6 Å². The third kappa shape index (κ3) is 3.82. The fourth-order valence-corrected chi connectivity index (χ4v) is 3.16. The molecule has 0 aliphatic rings. The number of amides is 2. The van der Waals surface area contributed by atoms with Crippen molar-refractivity contribution >= 4 is 29.1 Å². The predicted molar refractivity (Wildman–Crippen MR) is 110 cm³/mol. The third-order valence-corrected chi connectivity index (χ3v) is 4.63. The number of anilines is 1. The molecule has 6 nitrogen and oxygen atoms in total. The number of halogens is 1. The van der Waals surface area contributed by atoms with E-state index in [9.17, 15) is 4.79 Å². The lowest BCUT2D eigenvalue weighted by Gasteiger charge is -2.14. The summed E-state index contributed by atoms with van der Waals surface area (Å²) in [4.78, 5) is 16.9. The van der Waals surface area contributed by atoms with Gasteiger partial charge >= 0.3 is 6.03 Å². The molecule has 2 N–H and O–H groups in total. The number of hydrogen-bond acceptors (Lipinski definition) is 3. The van der Waals surface area contributed by atoms with Crippen molar-refractivity contribution in [1.82, 2.24) is 19.9 Å². The van der Waals surface area contributed by atoms with E-state index in [1.54, 1.807) is 23.0 Å². The smallest absolute Gasteiger partial charge is 0.320 e. The Morgan fingerprint density at radius 1 is 1.11 bits per heavy atom. The number of fused-ring (bicyclic) bond motifs is 1. The SMILES string of the molecule is C[C@H](NC(=O)Nc1ccn2ncc(-c3cccc(Cl)c3)c2n1)c1ccccc1. The highest BCUT2D eigenvalue weighted by molar-refractivity contribution is 6.30. The number of carbonyl (C=O) groups is 1. The Hall–Kier alpha value is -3.38. The molecule has 28 heavy (non-hydrogen) atoms. The summed E-state index contributed by atoms with van der Waals surface area (Å²) in [5.74, 6) is 0.439. The number of nitrogens with zero attached hydrogens (tertiary/aromatic N) is 3. The molecule has 0 aliphatic carbocycles. The van der Waals surface area contributed by atoms with E-state index in [-0.39, 0.29) is 12.1 Å². The monoisotopic (exact) mass is 391 g/mol. The van der Waals surface area contributed by atoms with E-state index < -0.39 is 0 Å². The molecule has 2 amide bonds. The van der Waals surface area contributed by atoms with Gasteiger partial charge in [0, 0.05) is 16.8 Å². The molecule has 0 radical (unpaired) electrons. The summed E-state index contributed by atoms with van der Waals surface area (Å²) in [5.41, 5.74) is 3.41. The number of rotatable bonds is 4.